The smallest absolute Gasteiger partial charge is 0.375 e. The molecule has 0 aliphatic heterocycles. The molecule has 0 unspecified atom stereocenters. The van der Waals surface area contributed by atoms with E-state index in [9.17, 15) is 14.4 Å². The van der Waals surface area contributed by atoms with Gasteiger partial charge in [-0.25, -0.2) is 9.59 Å². The quantitative estimate of drug-likeness (QED) is 0.610. The van der Waals surface area contributed by atoms with Crippen LogP contribution in [0.2, 0.25) is 0 Å². The number of para-hydroxylation sites is 1. The first-order valence-corrected chi connectivity index (χ1v) is 7.24. The maximum absolute atomic E-state index is 12.0. The molecule has 0 saturated carbocycles. The van der Waals surface area contributed by atoms with Crippen molar-refractivity contribution >= 4 is 28.9 Å². The maximum Gasteiger partial charge on any atom is 0.375 e. The number of furan rings is 1. The van der Waals surface area contributed by atoms with Crippen molar-refractivity contribution in [1.29, 1.82) is 0 Å². The second-order valence-corrected chi connectivity index (χ2v) is 4.93. The average molecular weight is 334 g/mol. The molecule has 1 aromatic carbocycles. The molecule has 8 nitrogen and oxygen atoms in total. The van der Waals surface area contributed by atoms with Crippen LogP contribution in [0.25, 0.3) is 11.0 Å². The predicted octanol–water partition coefficient (Wildman–Crippen LogP) is 1.37. The van der Waals surface area contributed by atoms with Gasteiger partial charge in [0.05, 0.1) is 6.61 Å². The number of aryl methyl sites for hydroxylation is 1. The fourth-order valence-electron chi connectivity index (χ4n) is 2.04. The first kappa shape index (κ1) is 17.5. The Morgan fingerprint density at radius 3 is 2.67 bits per heavy atom. The zero-order valence-electron chi connectivity index (χ0n) is 13.4. The molecule has 0 bridgehead atoms. The van der Waals surface area contributed by atoms with E-state index in [0.29, 0.717) is 17.8 Å². The number of amides is 3. The first-order valence-electron chi connectivity index (χ1n) is 7.24. The Kier molecular flexibility index (Phi) is 5.91. The van der Waals surface area contributed by atoms with Crippen molar-refractivity contribution in [2.75, 3.05) is 26.9 Å². The van der Waals surface area contributed by atoms with E-state index in [0.717, 1.165) is 5.39 Å². The zero-order chi connectivity index (χ0) is 17.5. The SMILES string of the molecule is COCCNC(=O)NC(=O)COC(=O)c1oc2ccccc2c1C. The van der Waals surface area contributed by atoms with Crippen LogP contribution in [0.1, 0.15) is 16.1 Å². The summed E-state index contributed by atoms with van der Waals surface area (Å²) in [6.45, 7) is 1.72. The van der Waals surface area contributed by atoms with Gasteiger partial charge in [0.25, 0.3) is 5.91 Å². The van der Waals surface area contributed by atoms with Gasteiger partial charge in [-0.05, 0) is 13.0 Å². The van der Waals surface area contributed by atoms with Crippen molar-refractivity contribution in [3.63, 3.8) is 0 Å². The number of carbonyl (C=O) groups excluding carboxylic acids is 3. The number of methoxy groups -OCH3 is 1. The number of urea groups is 1. The molecule has 2 aromatic rings. The van der Waals surface area contributed by atoms with Crippen LogP contribution < -0.4 is 10.6 Å². The van der Waals surface area contributed by atoms with Crippen LogP contribution in [-0.2, 0) is 14.3 Å². The number of rotatable bonds is 6. The minimum absolute atomic E-state index is 0.0357. The molecule has 0 spiro atoms. The van der Waals surface area contributed by atoms with Crippen LogP contribution in [0.3, 0.4) is 0 Å². The summed E-state index contributed by atoms with van der Waals surface area (Å²) in [4.78, 5) is 34.9. The van der Waals surface area contributed by atoms with Crippen LogP contribution in [0.15, 0.2) is 28.7 Å². The minimum atomic E-state index is -0.765. The van der Waals surface area contributed by atoms with Gasteiger partial charge in [-0.2, -0.15) is 0 Å². The van der Waals surface area contributed by atoms with Crippen molar-refractivity contribution in [2.45, 2.75) is 6.92 Å². The Morgan fingerprint density at radius 1 is 1.21 bits per heavy atom. The van der Waals surface area contributed by atoms with Crippen LogP contribution in [0.5, 0.6) is 0 Å². The summed E-state index contributed by atoms with van der Waals surface area (Å²) in [5.41, 5.74) is 1.19. The van der Waals surface area contributed by atoms with Gasteiger partial charge in [0.1, 0.15) is 5.58 Å². The third kappa shape index (κ3) is 4.32. The van der Waals surface area contributed by atoms with Gasteiger partial charge in [-0.3, -0.25) is 10.1 Å². The van der Waals surface area contributed by atoms with Crippen LogP contribution in [0.4, 0.5) is 4.79 Å². The normalized spacial score (nSPS) is 10.4. The average Bonchev–Trinajstić information content (AvgIpc) is 2.90. The number of benzene rings is 1. The molecule has 0 radical (unpaired) electrons. The van der Waals surface area contributed by atoms with E-state index < -0.39 is 24.5 Å². The highest BCUT2D eigenvalue weighted by Crippen LogP contribution is 2.25. The van der Waals surface area contributed by atoms with Crippen molar-refractivity contribution in [2.24, 2.45) is 0 Å². The lowest BCUT2D eigenvalue weighted by atomic mass is 10.1. The molecule has 128 valence electrons. The number of imide groups is 1. The summed E-state index contributed by atoms with van der Waals surface area (Å²) in [5.74, 6) is -1.47. The summed E-state index contributed by atoms with van der Waals surface area (Å²) < 4.78 is 15.1. The molecule has 24 heavy (non-hydrogen) atoms. The monoisotopic (exact) mass is 334 g/mol. The maximum atomic E-state index is 12.0. The van der Waals surface area contributed by atoms with Gasteiger partial charge in [-0.1, -0.05) is 18.2 Å². The molecule has 0 aliphatic carbocycles. The lowest BCUT2D eigenvalue weighted by Gasteiger charge is -2.06. The van der Waals surface area contributed by atoms with E-state index in [1.165, 1.54) is 7.11 Å². The first-order chi connectivity index (χ1) is 11.5. The molecule has 2 rings (SSSR count). The molecule has 8 heteroatoms. The number of fused-ring (bicyclic) bond motifs is 1. The van der Waals surface area contributed by atoms with E-state index in [-0.39, 0.29) is 12.3 Å². The van der Waals surface area contributed by atoms with E-state index in [1.54, 1.807) is 19.1 Å². The Hall–Kier alpha value is -2.87. The highest BCUT2D eigenvalue weighted by Gasteiger charge is 2.20. The Balaban J connectivity index is 1.87. The van der Waals surface area contributed by atoms with Crippen LogP contribution in [-0.4, -0.2) is 44.8 Å². The molecule has 3 amide bonds. The Labute approximate surface area is 138 Å². The highest BCUT2D eigenvalue weighted by atomic mass is 16.5. The number of hydrogen-bond acceptors (Lipinski definition) is 6. The van der Waals surface area contributed by atoms with Gasteiger partial charge in [-0.15, -0.1) is 0 Å². The summed E-state index contributed by atoms with van der Waals surface area (Å²) >= 11 is 0. The Morgan fingerprint density at radius 2 is 1.96 bits per heavy atom. The molecule has 0 aliphatic rings. The van der Waals surface area contributed by atoms with E-state index in [4.69, 9.17) is 13.9 Å². The fraction of sp³-hybridized carbons (Fsp3) is 0.312. The van der Waals surface area contributed by atoms with Crippen molar-refractivity contribution < 1.29 is 28.3 Å². The molecule has 0 fully saturated rings. The van der Waals surface area contributed by atoms with Gasteiger partial charge in [0.2, 0.25) is 5.76 Å². The number of esters is 1. The number of ether oxygens (including phenoxy) is 2. The lowest BCUT2D eigenvalue weighted by molar-refractivity contribution is -0.123. The molecule has 1 heterocycles. The minimum Gasteiger partial charge on any atom is -0.450 e. The van der Waals surface area contributed by atoms with Gasteiger partial charge in [0.15, 0.2) is 6.61 Å². The Bertz CT molecular complexity index is 752. The zero-order valence-corrected chi connectivity index (χ0v) is 13.4. The summed E-state index contributed by atoms with van der Waals surface area (Å²) in [5, 5.41) is 5.24. The second-order valence-electron chi connectivity index (χ2n) is 4.93. The third-order valence-corrected chi connectivity index (χ3v) is 3.21. The largest absolute Gasteiger partial charge is 0.450 e. The summed E-state index contributed by atoms with van der Waals surface area (Å²) in [6.07, 6.45) is 0. The molecule has 1 aromatic heterocycles. The van der Waals surface area contributed by atoms with E-state index in [1.807, 2.05) is 17.4 Å². The number of hydrogen-bond donors (Lipinski definition) is 2. The molecule has 2 N–H and O–H groups in total. The topological polar surface area (TPSA) is 107 Å². The standard InChI is InChI=1S/C16H18N2O6/c1-10-11-5-3-4-6-12(11)24-14(10)15(20)23-9-13(19)18-16(21)17-7-8-22-2/h3-6H,7-9H2,1-2H3,(H2,17,18,19,21). The number of carbonyl (C=O) groups is 3. The fourth-order valence-corrected chi connectivity index (χ4v) is 2.04. The van der Waals surface area contributed by atoms with Crippen molar-refractivity contribution in [3.8, 4) is 0 Å². The van der Waals surface area contributed by atoms with E-state index in [2.05, 4.69) is 5.32 Å². The van der Waals surface area contributed by atoms with Crippen LogP contribution >= 0.6 is 0 Å². The molecular weight excluding hydrogens is 316 g/mol. The van der Waals surface area contributed by atoms with Crippen LogP contribution in [0, 0.1) is 6.92 Å². The van der Waals surface area contributed by atoms with Crippen molar-refractivity contribution in [1.82, 2.24) is 10.6 Å². The molecule has 0 saturated heterocycles. The summed E-state index contributed by atoms with van der Waals surface area (Å²) in [7, 11) is 1.49. The third-order valence-electron chi connectivity index (χ3n) is 3.21. The molecule has 0 atom stereocenters. The van der Waals surface area contributed by atoms with Gasteiger partial charge >= 0.3 is 12.0 Å². The molecular formula is C16H18N2O6. The number of nitrogens with one attached hydrogen (secondary N) is 2. The summed E-state index contributed by atoms with van der Waals surface area (Å²) in [6, 6.07) is 6.48. The highest BCUT2D eigenvalue weighted by molar-refractivity contribution is 5.98. The lowest BCUT2D eigenvalue weighted by Crippen LogP contribution is -2.42. The van der Waals surface area contributed by atoms with Gasteiger partial charge in [0, 0.05) is 24.6 Å². The van der Waals surface area contributed by atoms with E-state index >= 15 is 0 Å². The predicted molar refractivity (Wildman–Crippen MR) is 84.7 cm³/mol. The van der Waals surface area contributed by atoms with Crippen molar-refractivity contribution in [3.05, 3.63) is 35.6 Å². The van der Waals surface area contributed by atoms with Gasteiger partial charge < -0.3 is 19.2 Å². The second kappa shape index (κ2) is 8.11.